The Bertz CT molecular complexity index is 2380. The summed E-state index contributed by atoms with van der Waals surface area (Å²) in [5.74, 6) is -3.43. The zero-order chi connectivity index (χ0) is 53.4. The minimum atomic E-state index is -0.994. The fourth-order valence-corrected chi connectivity index (χ4v) is 6.80. The molecular formula is C45H60N6O24. The van der Waals surface area contributed by atoms with Crippen molar-refractivity contribution in [2.24, 2.45) is 0 Å². The molecule has 30 nitrogen and oxygen atoms in total. The quantitative estimate of drug-likeness (QED) is 0.0369. The van der Waals surface area contributed by atoms with Gasteiger partial charge in [-0.05, 0) is 19.3 Å². The van der Waals surface area contributed by atoms with Crippen LogP contribution in [-0.4, -0.2) is 179 Å². The van der Waals surface area contributed by atoms with E-state index in [4.69, 9.17) is 56.8 Å². The van der Waals surface area contributed by atoms with E-state index in [-0.39, 0.29) is 173 Å². The molecule has 0 aliphatic carbocycles. The van der Waals surface area contributed by atoms with Gasteiger partial charge in [0.2, 0.25) is 0 Å². The minimum Gasteiger partial charge on any atom is -0.463 e. The second-order valence-corrected chi connectivity index (χ2v) is 18.0. The second kappa shape index (κ2) is 27.3. The van der Waals surface area contributed by atoms with E-state index < -0.39 is 70.0 Å². The molecule has 0 amide bonds. The molecule has 8 heterocycles. The van der Waals surface area contributed by atoms with Crippen LogP contribution >= 0.6 is 0 Å². The predicted molar refractivity (Wildman–Crippen MR) is 244 cm³/mol. The molecular weight excluding hydrogens is 1010 g/mol. The number of nitrogens with zero attached hydrogens (tertiary/aromatic N) is 6. The van der Waals surface area contributed by atoms with Gasteiger partial charge in [-0.3, -0.25) is 28.8 Å². The standard InChI is InChI=1S/C24H33N3O12.C21H27N3O12/c28-19(37-13-16-10-34-16)4-1-7-25-22(31)26(8-2-5-20(29)38-14-17-11-35-17)24(33)27(23(25)32)9-3-6-21(30)39-15-18-12-36-18;25-16(34-10-13-7-31-13)1-4-22-19(28)23(5-2-17(26)35-11-14-8-32-14)21(30)24(20(22)29)6-3-18(27)36-12-15-9-33-15/h16-18H,1-15H2;13-15H,1-12H2. The van der Waals surface area contributed by atoms with E-state index in [2.05, 4.69) is 0 Å². The number of hydrogen-bond acceptors (Lipinski definition) is 24. The van der Waals surface area contributed by atoms with Gasteiger partial charge in [0.25, 0.3) is 0 Å². The van der Waals surface area contributed by atoms with Gasteiger partial charge >= 0.3 is 70.0 Å². The Hall–Kier alpha value is -6.60. The Labute approximate surface area is 424 Å². The first kappa shape index (κ1) is 56.1. The number of epoxide rings is 6. The van der Waals surface area contributed by atoms with Crippen LogP contribution in [0.5, 0.6) is 0 Å². The lowest BCUT2D eigenvalue weighted by Crippen LogP contribution is -2.55. The summed E-state index contributed by atoms with van der Waals surface area (Å²) in [7, 11) is 0. The molecule has 8 rings (SSSR count). The number of hydrogen-bond donors (Lipinski definition) is 0. The maximum Gasteiger partial charge on any atom is 0.336 e. The van der Waals surface area contributed by atoms with Crippen LogP contribution in [-0.2, 0) is 125 Å². The first-order valence-electron chi connectivity index (χ1n) is 24.7. The van der Waals surface area contributed by atoms with Crippen molar-refractivity contribution >= 4 is 35.8 Å². The molecule has 6 saturated heterocycles. The van der Waals surface area contributed by atoms with Gasteiger partial charge in [0.05, 0.1) is 58.9 Å². The molecule has 30 heteroatoms. The number of carbonyl (C=O) groups is 6. The molecule has 6 aliphatic heterocycles. The number of ether oxygens (including phenoxy) is 12. The van der Waals surface area contributed by atoms with Crippen LogP contribution in [0.2, 0.25) is 0 Å². The molecule has 0 radical (unpaired) electrons. The largest absolute Gasteiger partial charge is 0.463 e. The van der Waals surface area contributed by atoms with Gasteiger partial charge in [0.15, 0.2) is 0 Å². The lowest BCUT2D eigenvalue weighted by atomic mass is 10.3. The summed E-state index contributed by atoms with van der Waals surface area (Å²) in [6.07, 6.45) is -1.33. The molecule has 2 aromatic heterocycles. The van der Waals surface area contributed by atoms with E-state index in [1.54, 1.807) is 0 Å². The van der Waals surface area contributed by atoms with Gasteiger partial charge in [-0.1, -0.05) is 0 Å². The number of carbonyl (C=O) groups excluding carboxylic acids is 6. The molecule has 0 bridgehead atoms. The molecule has 6 unspecified atom stereocenters. The molecule has 2 aromatic rings. The highest BCUT2D eigenvalue weighted by Crippen LogP contribution is 2.13. The fourth-order valence-electron chi connectivity index (χ4n) is 6.80. The molecule has 0 saturated carbocycles. The molecule has 0 aromatic carbocycles. The summed E-state index contributed by atoms with van der Waals surface area (Å²) in [6.45, 7) is 2.32. The number of esters is 6. The van der Waals surface area contributed by atoms with Crippen molar-refractivity contribution in [2.75, 3.05) is 79.3 Å². The molecule has 0 N–H and O–H groups in total. The summed E-state index contributed by atoms with van der Waals surface area (Å²) in [5.41, 5.74) is -5.51. The number of aromatic nitrogens is 6. The van der Waals surface area contributed by atoms with Crippen molar-refractivity contribution in [3.05, 3.63) is 62.9 Å². The van der Waals surface area contributed by atoms with Crippen molar-refractivity contribution in [3.63, 3.8) is 0 Å². The SMILES string of the molecule is O=C(CCCn1c(=O)n(CCCC(=O)OCC2CO2)c(=O)n(CCCC(=O)OCC2CO2)c1=O)OCC1CO1.O=C(CCn1c(=O)n(CCC(=O)OCC2CO2)c(=O)n(CCC(=O)OCC2CO2)c1=O)OCC1CO1. The van der Waals surface area contributed by atoms with Crippen LogP contribution in [0.1, 0.15) is 57.8 Å². The fraction of sp³-hybridized carbons (Fsp3) is 0.733. The van der Waals surface area contributed by atoms with Gasteiger partial charge in [0, 0.05) is 58.5 Å². The van der Waals surface area contributed by atoms with E-state index in [0.29, 0.717) is 53.3 Å². The summed E-state index contributed by atoms with van der Waals surface area (Å²) in [4.78, 5) is 150. The zero-order valence-corrected chi connectivity index (χ0v) is 41.0. The molecule has 414 valence electrons. The van der Waals surface area contributed by atoms with Crippen LogP contribution in [0.4, 0.5) is 0 Å². The molecule has 6 fully saturated rings. The summed E-state index contributed by atoms with van der Waals surface area (Å²) < 4.78 is 64.8. The van der Waals surface area contributed by atoms with E-state index in [9.17, 15) is 57.5 Å². The minimum absolute atomic E-state index is 0.0369. The van der Waals surface area contributed by atoms with Gasteiger partial charge in [-0.25, -0.2) is 56.2 Å². The third-order valence-electron chi connectivity index (χ3n) is 11.7. The Kier molecular flexibility index (Phi) is 20.4. The van der Waals surface area contributed by atoms with Crippen molar-refractivity contribution in [1.29, 1.82) is 0 Å². The average Bonchev–Trinajstić information content (AvgIpc) is 4.16. The highest BCUT2D eigenvalue weighted by molar-refractivity contribution is 5.71. The molecule has 6 atom stereocenters. The van der Waals surface area contributed by atoms with Crippen molar-refractivity contribution < 1.29 is 85.6 Å². The van der Waals surface area contributed by atoms with Crippen LogP contribution in [0, 0.1) is 0 Å². The predicted octanol–water partition coefficient (Wildman–Crippen LogP) is -4.49. The first-order chi connectivity index (χ1) is 36.1. The topological polar surface area (TPSA) is 365 Å². The smallest absolute Gasteiger partial charge is 0.336 e. The van der Waals surface area contributed by atoms with Gasteiger partial charge in [-0.2, -0.15) is 0 Å². The lowest BCUT2D eigenvalue weighted by Gasteiger charge is -2.14. The van der Waals surface area contributed by atoms with Crippen LogP contribution in [0.3, 0.4) is 0 Å². The highest BCUT2D eigenvalue weighted by Gasteiger charge is 2.29. The van der Waals surface area contributed by atoms with Crippen molar-refractivity contribution in [2.45, 2.75) is 134 Å². The molecule has 6 aliphatic rings. The van der Waals surface area contributed by atoms with Gasteiger partial charge < -0.3 is 56.8 Å². The summed E-state index contributed by atoms with van der Waals surface area (Å²) >= 11 is 0. The highest BCUT2D eigenvalue weighted by atomic mass is 16.6. The van der Waals surface area contributed by atoms with Crippen LogP contribution in [0.15, 0.2) is 28.8 Å². The maximum atomic E-state index is 13.1. The van der Waals surface area contributed by atoms with Crippen LogP contribution < -0.4 is 34.1 Å². The normalized spacial score (nSPS) is 21.1. The van der Waals surface area contributed by atoms with E-state index in [1.165, 1.54) is 0 Å². The van der Waals surface area contributed by atoms with Crippen LogP contribution in [0.25, 0.3) is 0 Å². The Balaban J connectivity index is 0.000000219. The second-order valence-electron chi connectivity index (χ2n) is 18.0. The van der Waals surface area contributed by atoms with Crippen molar-refractivity contribution in [3.8, 4) is 0 Å². The zero-order valence-electron chi connectivity index (χ0n) is 41.0. The summed E-state index contributed by atoms with van der Waals surface area (Å²) in [6, 6.07) is 0. The van der Waals surface area contributed by atoms with E-state index >= 15 is 0 Å². The van der Waals surface area contributed by atoms with E-state index in [1.807, 2.05) is 0 Å². The molecule has 0 spiro atoms. The van der Waals surface area contributed by atoms with Gasteiger partial charge in [0.1, 0.15) is 76.3 Å². The molecule has 75 heavy (non-hydrogen) atoms. The third kappa shape index (κ3) is 19.2. The first-order valence-corrected chi connectivity index (χ1v) is 24.7. The summed E-state index contributed by atoms with van der Waals surface area (Å²) in [5, 5.41) is 0. The Morgan fingerprint density at radius 1 is 0.293 bits per heavy atom. The Morgan fingerprint density at radius 3 is 0.627 bits per heavy atom. The monoisotopic (exact) mass is 1070 g/mol. The average molecular weight is 1070 g/mol. The lowest BCUT2D eigenvalue weighted by molar-refractivity contribution is -0.145. The third-order valence-corrected chi connectivity index (χ3v) is 11.7. The van der Waals surface area contributed by atoms with E-state index in [0.717, 1.165) is 13.7 Å². The van der Waals surface area contributed by atoms with Crippen molar-refractivity contribution in [1.82, 2.24) is 27.4 Å². The maximum absolute atomic E-state index is 13.1. The van der Waals surface area contributed by atoms with Gasteiger partial charge in [-0.15, -0.1) is 0 Å². The Morgan fingerprint density at radius 2 is 0.453 bits per heavy atom. The number of rotatable bonds is 33.